The van der Waals surface area contributed by atoms with Crippen molar-refractivity contribution in [3.05, 3.63) is 152 Å². The molecule has 4 aliphatic heterocycles. The van der Waals surface area contributed by atoms with Crippen LogP contribution >= 0.6 is 0 Å². The van der Waals surface area contributed by atoms with Crippen molar-refractivity contribution in [1.29, 1.82) is 0 Å². The first-order chi connectivity index (χ1) is 35.6. The van der Waals surface area contributed by atoms with E-state index >= 15 is 8.78 Å². The first-order valence-electron chi connectivity index (χ1n) is 25.0. The molecule has 2 aliphatic carbocycles. The summed E-state index contributed by atoms with van der Waals surface area (Å²) in [6.07, 6.45) is 1.38. The smallest absolute Gasteiger partial charge is 0.306 e. The molecule has 0 saturated heterocycles. The highest BCUT2D eigenvalue weighted by atomic mass is 19.1. The summed E-state index contributed by atoms with van der Waals surface area (Å²) in [5.74, 6) is -1.55. The second kappa shape index (κ2) is 17.5. The topological polar surface area (TPSA) is 153 Å². The normalized spacial score (nSPS) is 21.8. The first-order valence-corrected chi connectivity index (χ1v) is 25.0. The molecule has 0 aromatic heterocycles. The van der Waals surface area contributed by atoms with E-state index < -0.39 is 46.8 Å². The van der Waals surface area contributed by atoms with Gasteiger partial charge in [0.15, 0.2) is 34.3 Å². The second-order valence-corrected chi connectivity index (χ2v) is 20.7. The van der Waals surface area contributed by atoms with Gasteiger partial charge in [-0.15, -0.1) is 0 Å². The van der Waals surface area contributed by atoms with Gasteiger partial charge in [-0.05, 0) is 127 Å². The number of carboxylic acids is 1. The van der Waals surface area contributed by atoms with Crippen LogP contribution in [0.4, 0.5) is 8.78 Å². The zero-order valence-corrected chi connectivity index (χ0v) is 41.5. The molecule has 5 atom stereocenters. The predicted molar refractivity (Wildman–Crippen MR) is 266 cm³/mol. The number of fused-ring (bicyclic) bond motifs is 4. The summed E-state index contributed by atoms with van der Waals surface area (Å²) in [7, 11) is 1.34. The summed E-state index contributed by atoms with van der Waals surface area (Å²) in [6.45, 7) is 7.71. The van der Waals surface area contributed by atoms with Gasteiger partial charge < -0.3 is 38.3 Å². The highest BCUT2D eigenvalue weighted by molar-refractivity contribution is 6.13. The van der Waals surface area contributed by atoms with E-state index in [2.05, 4.69) is 0 Å². The molecule has 2 fully saturated rings. The number of Topliss-reactive ketones (excluding diaryl/α,β-unsaturated/α-hetero) is 2. The van der Waals surface area contributed by atoms with Gasteiger partial charge in [-0.1, -0.05) is 48.5 Å². The highest BCUT2D eigenvalue weighted by Crippen LogP contribution is 2.61. The lowest BCUT2D eigenvalue weighted by Gasteiger charge is -2.19. The Hall–Kier alpha value is -7.74. The number of halogens is 2. The van der Waals surface area contributed by atoms with Crippen LogP contribution in [0.5, 0.6) is 34.5 Å². The van der Waals surface area contributed by atoms with E-state index in [0.717, 1.165) is 33.4 Å². The van der Waals surface area contributed by atoms with Crippen LogP contribution in [0.1, 0.15) is 116 Å². The van der Waals surface area contributed by atoms with Crippen molar-refractivity contribution >= 4 is 23.5 Å². The van der Waals surface area contributed by atoms with Crippen molar-refractivity contribution in [2.75, 3.05) is 13.7 Å². The van der Waals surface area contributed by atoms with Crippen LogP contribution in [0.2, 0.25) is 0 Å². The molecule has 14 heteroatoms. The molecule has 6 aromatic carbocycles. The molecule has 2 saturated carbocycles. The Bertz CT molecular complexity index is 3430. The van der Waals surface area contributed by atoms with Crippen LogP contribution < -0.4 is 28.4 Å². The fourth-order valence-corrected chi connectivity index (χ4v) is 12.0. The molecule has 6 aromatic rings. The van der Waals surface area contributed by atoms with E-state index in [1.54, 1.807) is 32.0 Å². The fourth-order valence-electron chi connectivity index (χ4n) is 12.0. The average molecular weight is 1000 g/mol. The van der Waals surface area contributed by atoms with Gasteiger partial charge in [-0.2, -0.15) is 0 Å². The molecule has 0 amide bonds. The molecule has 2 spiro atoms. The molecule has 6 aliphatic rings. The number of ketones is 2. The maximum absolute atomic E-state index is 16.6. The maximum atomic E-state index is 16.6. The van der Waals surface area contributed by atoms with Crippen molar-refractivity contribution < 1.29 is 66.2 Å². The molecule has 378 valence electrons. The van der Waals surface area contributed by atoms with Crippen LogP contribution in [-0.2, 0) is 27.5 Å². The Kier molecular flexibility index (Phi) is 11.1. The van der Waals surface area contributed by atoms with E-state index in [4.69, 9.17) is 33.2 Å². The van der Waals surface area contributed by atoms with Crippen LogP contribution in [0.25, 0.3) is 22.3 Å². The molecule has 5 unspecified atom stereocenters. The lowest BCUT2D eigenvalue weighted by molar-refractivity contribution is -0.141. The first kappa shape index (κ1) is 47.3. The third kappa shape index (κ3) is 7.66. The van der Waals surface area contributed by atoms with E-state index in [-0.39, 0.29) is 66.5 Å². The van der Waals surface area contributed by atoms with E-state index in [9.17, 15) is 24.3 Å². The molecule has 74 heavy (non-hydrogen) atoms. The minimum absolute atomic E-state index is 0.0162. The molecule has 4 heterocycles. The average Bonchev–Trinajstić information content (AvgIpc) is 4.15. The SMILES string of the molecule is COC(=O)CC1c2ccc(OCc3cccc(-c4c(C)c(F)c5c(c4C)C(=O)C4(CC4)O5)c3)cc2OC1CC1CC12Oc1c(F)c(C)c(-c3cccc(COc4ccc5c(c4)OCC5CC(=O)O)c3)c(C)c1C2=O. The van der Waals surface area contributed by atoms with Crippen LogP contribution in [0.15, 0.2) is 84.9 Å². The van der Waals surface area contributed by atoms with E-state index in [1.807, 2.05) is 80.6 Å². The second-order valence-electron chi connectivity index (χ2n) is 20.7. The number of esters is 1. The number of methoxy groups -OCH3 is 1. The van der Waals surface area contributed by atoms with Crippen molar-refractivity contribution in [2.24, 2.45) is 5.92 Å². The number of carbonyl (C=O) groups is 4. The van der Waals surface area contributed by atoms with Crippen molar-refractivity contribution in [2.45, 2.75) is 109 Å². The van der Waals surface area contributed by atoms with Gasteiger partial charge in [0.1, 0.15) is 42.3 Å². The largest absolute Gasteiger partial charge is 0.492 e. The van der Waals surface area contributed by atoms with Gasteiger partial charge in [-0.3, -0.25) is 19.2 Å². The number of hydrogen-bond acceptors (Lipinski definition) is 11. The predicted octanol–water partition coefficient (Wildman–Crippen LogP) is 11.6. The lowest BCUT2D eigenvalue weighted by Crippen LogP contribution is -2.29. The summed E-state index contributed by atoms with van der Waals surface area (Å²) in [5.41, 5.74) is 6.43. The molecular formula is C60H52F2O12. The molecule has 0 radical (unpaired) electrons. The number of hydrogen-bond donors (Lipinski definition) is 1. The molecule has 12 nitrogen and oxygen atoms in total. The van der Waals surface area contributed by atoms with Crippen LogP contribution in [-0.4, -0.2) is 59.6 Å². The quantitative estimate of drug-likeness (QED) is 0.103. The Labute approximate surface area is 425 Å². The third-order valence-corrected chi connectivity index (χ3v) is 16.1. The Balaban J connectivity index is 0.735. The van der Waals surface area contributed by atoms with Crippen molar-refractivity contribution in [3.8, 4) is 56.8 Å². The van der Waals surface area contributed by atoms with Gasteiger partial charge in [-0.25, -0.2) is 8.78 Å². The summed E-state index contributed by atoms with van der Waals surface area (Å²) in [5, 5.41) is 9.27. The summed E-state index contributed by atoms with van der Waals surface area (Å²) in [6, 6.07) is 26.0. The van der Waals surface area contributed by atoms with Gasteiger partial charge in [0.2, 0.25) is 11.6 Å². The monoisotopic (exact) mass is 1000 g/mol. The minimum atomic E-state index is -1.27. The van der Waals surface area contributed by atoms with Crippen molar-refractivity contribution in [1.82, 2.24) is 0 Å². The standard InChI is InChI=1S/C60H52F2O12/c1-29-49(31(3)53(61)55-51(29)57(66)59(73-55)16-17-59)35-10-6-9-34(18-35)27-70-40-13-15-42-43(24-48(65)68-5)45(72-46(42)23-40)21-38-25-60(38)58(67)52-30(2)50(32(4)54(62)56(52)74-60)36-11-7-8-33(19-36)26-69-39-12-14-41-37(20-47(63)64)28-71-44(41)22-39/h6-15,18-19,22-23,37-38,43,45H,16-17,20-21,24-28H2,1-5H3,(H,63,64). The Morgan fingerprint density at radius 2 is 1.27 bits per heavy atom. The van der Waals surface area contributed by atoms with Crippen molar-refractivity contribution in [3.63, 3.8) is 0 Å². The van der Waals surface area contributed by atoms with Gasteiger partial charge in [0.25, 0.3) is 0 Å². The zero-order chi connectivity index (χ0) is 51.5. The number of aliphatic carboxylic acids is 1. The Morgan fingerprint density at radius 1 is 0.689 bits per heavy atom. The van der Waals surface area contributed by atoms with Gasteiger partial charge in [0, 0.05) is 47.4 Å². The van der Waals surface area contributed by atoms with Crippen LogP contribution in [0.3, 0.4) is 0 Å². The highest BCUT2D eigenvalue weighted by Gasteiger charge is 2.68. The fraction of sp³-hybridized carbons (Fsp3) is 0.333. The number of carboxylic acid groups (broad SMARTS) is 1. The summed E-state index contributed by atoms with van der Waals surface area (Å²) in [4.78, 5) is 52.1. The van der Waals surface area contributed by atoms with Crippen LogP contribution in [0, 0.1) is 45.2 Å². The zero-order valence-electron chi connectivity index (χ0n) is 41.5. The minimum Gasteiger partial charge on any atom is -0.492 e. The molecular weight excluding hydrogens is 951 g/mol. The summed E-state index contributed by atoms with van der Waals surface area (Å²) >= 11 is 0. The number of carbonyl (C=O) groups excluding carboxylic acids is 3. The molecule has 0 bridgehead atoms. The lowest BCUT2D eigenvalue weighted by atomic mass is 9.87. The third-order valence-electron chi connectivity index (χ3n) is 16.1. The summed E-state index contributed by atoms with van der Waals surface area (Å²) < 4.78 is 74.5. The number of ether oxygens (including phenoxy) is 7. The maximum Gasteiger partial charge on any atom is 0.306 e. The number of rotatable bonds is 14. The molecule has 12 rings (SSSR count). The van der Waals surface area contributed by atoms with Gasteiger partial charge >= 0.3 is 11.9 Å². The van der Waals surface area contributed by atoms with E-state index in [1.165, 1.54) is 7.11 Å². The molecule has 1 N–H and O–H groups in total. The Morgan fingerprint density at radius 3 is 1.86 bits per heavy atom. The van der Waals surface area contributed by atoms with E-state index in [0.29, 0.717) is 94.2 Å². The van der Waals surface area contributed by atoms with Gasteiger partial charge in [0.05, 0.1) is 37.7 Å². The number of benzene rings is 6.